The molecule has 0 fully saturated rings. The number of carbonyl (C=O) groups excluding carboxylic acids is 2. The van der Waals surface area contributed by atoms with Gasteiger partial charge in [-0.1, -0.05) is 11.6 Å². The van der Waals surface area contributed by atoms with Crippen LogP contribution in [0, 0.1) is 18.6 Å². The number of rotatable bonds is 6. The van der Waals surface area contributed by atoms with Gasteiger partial charge in [0.05, 0.1) is 27.5 Å². The van der Waals surface area contributed by atoms with Crippen molar-refractivity contribution >= 4 is 29.2 Å². The van der Waals surface area contributed by atoms with Gasteiger partial charge in [0, 0.05) is 25.1 Å². The van der Waals surface area contributed by atoms with Crippen molar-refractivity contribution in [3.63, 3.8) is 0 Å². The number of halogens is 6. The van der Waals surface area contributed by atoms with Gasteiger partial charge < -0.3 is 10.6 Å². The van der Waals surface area contributed by atoms with Gasteiger partial charge in [0.25, 0.3) is 5.91 Å². The SMILES string of the molecule is Cc1cc(NC(=O)CCNC(=O)c2ccc(F)cc2F)n(-c2cc(C(F)(F)F)ccc2Cl)n1. The lowest BCUT2D eigenvalue weighted by Gasteiger charge is -2.13. The summed E-state index contributed by atoms with van der Waals surface area (Å²) in [5.41, 5.74) is -1.01. The first kappa shape index (κ1) is 24.2. The van der Waals surface area contributed by atoms with Crippen molar-refractivity contribution in [3.8, 4) is 5.69 Å². The average molecular weight is 487 g/mol. The van der Waals surface area contributed by atoms with E-state index in [0.717, 1.165) is 35.0 Å². The molecule has 6 nitrogen and oxygen atoms in total. The molecule has 1 heterocycles. The minimum atomic E-state index is -4.60. The summed E-state index contributed by atoms with van der Waals surface area (Å²) in [6, 6.07) is 6.60. The highest BCUT2D eigenvalue weighted by Gasteiger charge is 2.31. The van der Waals surface area contributed by atoms with E-state index in [1.165, 1.54) is 6.07 Å². The molecule has 0 aliphatic heterocycles. The number of carbonyl (C=O) groups is 2. The second-order valence-corrected chi connectivity index (χ2v) is 7.33. The van der Waals surface area contributed by atoms with Crippen molar-refractivity contribution in [2.24, 2.45) is 0 Å². The van der Waals surface area contributed by atoms with Crippen LogP contribution in [0.25, 0.3) is 5.69 Å². The Morgan fingerprint density at radius 1 is 1.09 bits per heavy atom. The third-order valence-corrected chi connectivity index (χ3v) is 4.73. The maximum Gasteiger partial charge on any atom is 0.416 e. The molecule has 2 aromatic carbocycles. The number of nitrogens with zero attached hydrogens (tertiary/aromatic N) is 2. The number of nitrogens with one attached hydrogen (secondary N) is 2. The quantitative estimate of drug-likeness (QED) is 0.487. The monoisotopic (exact) mass is 486 g/mol. The Morgan fingerprint density at radius 2 is 1.82 bits per heavy atom. The van der Waals surface area contributed by atoms with Crippen molar-refractivity contribution in [1.82, 2.24) is 15.1 Å². The van der Waals surface area contributed by atoms with E-state index in [1.807, 2.05) is 0 Å². The van der Waals surface area contributed by atoms with Crippen LogP contribution in [0.1, 0.15) is 28.0 Å². The van der Waals surface area contributed by atoms with Gasteiger partial charge in [0.15, 0.2) is 0 Å². The van der Waals surface area contributed by atoms with Gasteiger partial charge in [-0.25, -0.2) is 13.5 Å². The van der Waals surface area contributed by atoms with E-state index in [0.29, 0.717) is 11.8 Å². The molecule has 0 spiro atoms. The smallest absolute Gasteiger partial charge is 0.351 e. The van der Waals surface area contributed by atoms with E-state index in [9.17, 15) is 31.5 Å². The van der Waals surface area contributed by atoms with Gasteiger partial charge >= 0.3 is 6.18 Å². The number of hydrogen-bond donors (Lipinski definition) is 2. The van der Waals surface area contributed by atoms with Gasteiger partial charge in [-0.05, 0) is 37.3 Å². The molecule has 0 saturated carbocycles. The zero-order valence-corrected chi connectivity index (χ0v) is 17.7. The second-order valence-electron chi connectivity index (χ2n) is 6.92. The Balaban J connectivity index is 1.69. The summed E-state index contributed by atoms with van der Waals surface area (Å²) >= 11 is 6.06. The third kappa shape index (κ3) is 5.86. The number of aromatic nitrogens is 2. The standard InChI is InChI=1S/C21H16ClF5N4O2/c1-11-8-18(31(30-11)17-9-12(21(25,26)27)2-5-15(17)22)29-19(32)6-7-28-20(33)14-4-3-13(23)10-16(14)24/h2-5,8-10H,6-7H2,1H3,(H,28,33)(H,29,32). The molecule has 3 aromatic rings. The normalized spacial score (nSPS) is 11.4. The highest BCUT2D eigenvalue weighted by molar-refractivity contribution is 6.32. The predicted octanol–water partition coefficient (Wildman–Crippen LogP) is 4.89. The number of amides is 2. The molecule has 0 unspecified atom stereocenters. The van der Waals surface area contributed by atoms with E-state index in [4.69, 9.17) is 11.6 Å². The van der Waals surface area contributed by atoms with Crippen molar-refractivity contribution in [3.05, 3.63) is 75.9 Å². The van der Waals surface area contributed by atoms with Gasteiger partial charge in [0.1, 0.15) is 17.5 Å². The van der Waals surface area contributed by atoms with E-state index in [-0.39, 0.29) is 35.1 Å². The average Bonchev–Trinajstić information content (AvgIpc) is 3.07. The second kappa shape index (κ2) is 9.57. The molecule has 0 atom stereocenters. The fourth-order valence-corrected chi connectivity index (χ4v) is 3.08. The Labute approximate surface area is 189 Å². The van der Waals surface area contributed by atoms with Crippen LogP contribution in [0.5, 0.6) is 0 Å². The Hall–Kier alpha value is -3.47. The summed E-state index contributed by atoms with van der Waals surface area (Å²) in [7, 11) is 0. The molecule has 1 aromatic heterocycles. The molecule has 33 heavy (non-hydrogen) atoms. The van der Waals surface area contributed by atoms with Crippen molar-refractivity contribution in [2.75, 3.05) is 11.9 Å². The van der Waals surface area contributed by atoms with E-state index < -0.39 is 35.2 Å². The maximum atomic E-state index is 13.6. The van der Waals surface area contributed by atoms with Crippen LogP contribution in [0.4, 0.5) is 27.8 Å². The minimum Gasteiger partial charge on any atom is -0.351 e. The summed E-state index contributed by atoms with van der Waals surface area (Å²) in [6.45, 7) is 1.39. The van der Waals surface area contributed by atoms with Crippen LogP contribution < -0.4 is 10.6 Å². The highest BCUT2D eigenvalue weighted by Crippen LogP contribution is 2.34. The van der Waals surface area contributed by atoms with Crippen LogP contribution in [0.15, 0.2) is 42.5 Å². The number of hydrogen-bond acceptors (Lipinski definition) is 3. The fourth-order valence-electron chi connectivity index (χ4n) is 2.89. The van der Waals surface area contributed by atoms with E-state index in [1.54, 1.807) is 6.92 Å². The highest BCUT2D eigenvalue weighted by atomic mass is 35.5. The summed E-state index contributed by atoms with van der Waals surface area (Å²) in [4.78, 5) is 24.3. The van der Waals surface area contributed by atoms with Gasteiger partial charge in [0.2, 0.25) is 5.91 Å². The van der Waals surface area contributed by atoms with Crippen LogP contribution in [-0.2, 0) is 11.0 Å². The summed E-state index contributed by atoms with van der Waals surface area (Å²) in [6.07, 6.45) is -4.84. The summed E-state index contributed by atoms with van der Waals surface area (Å²) in [5, 5.41) is 8.90. The number of anilines is 1. The molecular formula is C21H16ClF5N4O2. The van der Waals surface area contributed by atoms with Gasteiger partial charge in [-0.3, -0.25) is 9.59 Å². The lowest BCUT2D eigenvalue weighted by atomic mass is 10.2. The minimum absolute atomic E-state index is 0.0183. The molecule has 2 N–H and O–H groups in total. The van der Waals surface area contributed by atoms with Crippen molar-refractivity contribution in [2.45, 2.75) is 19.5 Å². The Kier molecular flexibility index (Phi) is 7.01. The van der Waals surface area contributed by atoms with Crippen LogP contribution in [-0.4, -0.2) is 28.1 Å². The molecule has 0 bridgehead atoms. The topological polar surface area (TPSA) is 76.0 Å². The number of benzene rings is 2. The van der Waals surface area contributed by atoms with E-state index in [2.05, 4.69) is 15.7 Å². The molecule has 174 valence electrons. The third-order valence-electron chi connectivity index (χ3n) is 4.41. The van der Waals surface area contributed by atoms with Crippen LogP contribution in [0.2, 0.25) is 5.02 Å². The Bertz CT molecular complexity index is 1210. The molecule has 0 saturated heterocycles. The van der Waals surface area contributed by atoms with E-state index >= 15 is 0 Å². The summed E-state index contributed by atoms with van der Waals surface area (Å²) in [5.74, 6) is -3.25. The van der Waals surface area contributed by atoms with Crippen molar-refractivity contribution < 1.29 is 31.5 Å². The molecule has 0 radical (unpaired) electrons. The predicted molar refractivity (Wildman–Crippen MR) is 110 cm³/mol. The maximum absolute atomic E-state index is 13.6. The van der Waals surface area contributed by atoms with Crippen molar-refractivity contribution in [1.29, 1.82) is 0 Å². The number of aryl methyl sites for hydroxylation is 1. The molecule has 3 rings (SSSR count). The lowest BCUT2D eigenvalue weighted by Crippen LogP contribution is -2.28. The van der Waals surface area contributed by atoms with Crippen LogP contribution in [0.3, 0.4) is 0 Å². The van der Waals surface area contributed by atoms with Crippen LogP contribution >= 0.6 is 11.6 Å². The Morgan fingerprint density at radius 3 is 2.48 bits per heavy atom. The first-order chi connectivity index (χ1) is 15.5. The molecule has 0 aliphatic carbocycles. The zero-order chi connectivity index (χ0) is 24.3. The van der Waals surface area contributed by atoms with Gasteiger partial charge in [-0.2, -0.15) is 18.3 Å². The zero-order valence-electron chi connectivity index (χ0n) is 16.9. The molecule has 12 heteroatoms. The molecule has 0 aliphatic rings. The molecular weight excluding hydrogens is 471 g/mol. The number of alkyl halides is 3. The largest absolute Gasteiger partial charge is 0.416 e. The first-order valence-corrected chi connectivity index (χ1v) is 9.80. The lowest BCUT2D eigenvalue weighted by molar-refractivity contribution is -0.137. The summed E-state index contributed by atoms with van der Waals surface area (Å²) < 4.78 is 66.9. The fraction of sp³-hybridized carbons (Fsp3) is 0.190. The molecule has 2 amide bonds. The first-order valence-electron chi connectivity index (χ1n) is 9.42. The van der Waals surface area contributed by atoms with Gasteiger partial charge in [-0.15, -0.1) is 0 Å².